The van der Waals surface area contributed by atoms with E-state index < -0.39 is 5.60 Å². The lowest BCUT2D eigenvalue weighted by Crippen LogP contribution is -2.52. The number of likely N-dealkylation sites (tertiary alicyclic amines) is 1. The van der Waals surface area contributed by atoms with E-state index in [9.17, 15) is 4.79 Å². The van der Waals surface area contributed by atoms with E-state index in [-0.39, 0.29) is 12.1 Å². The monoisotopic (exact) mass is 392 g/mol. The molecule has 1 unspecified atom stereocenters. The minimum absolute atomic E-state index is 0.101. The maximum absolute atomic E-state index is 12.5. The molecule has 158 valence electrons. The molecular weight excluding hydrogens is 356 g/mol. The van der Waals surface area contributed by atoms with Crippen molar-refractivity contribution in [2.24, 2.45) is 12.0 Å². The Kier molecular flexibility index (Phi) is 7.32. The van der Waals surface area contributed by atoms with Crippen LogP contribution in [0.25, 0.3) is 0 Å². The molecule has 2 rings (SSSR count). The second-order valence-corrected chi connectivity index (χ2v) is 8.40. The van der Waals surface area contributed by atoms with Crippen LogP contribution in [-0.2, 0) is 18.3 Å². The summed E-state index contributed by atoms with van der Waals surface area (Å²) < 4.78 is 7.47. The minimum atomic E-state index is -0.483. The SMILES string of the molecule is CN=C(NCc1c(C)nn(C)c1C)NCC1CCCCN1C(=O)OC(C)(C)C. The number of hydrogen-bond donors (Lipinski definition) is 2. The Morgan fingerprint density at radius 1 is 1.29 bits per heavy atom. The molecule has 1 aromatic rings. The quantitative estimate of drug-likeness (QED) is 0.608. The van der Waals surface area contributed by atoms with Gasteiger partial charge in [0.25, 0.3) is 0 Å². The van der Waals surface area contributed by atoms with Crippen molar-refractivity contribution in [3.8, 4) is 0 Å². The number of aryl methyl sites for hydroxylation is 2. The van der Waals surface area contributed by atoms with Crippen molar-refractivity contribution < 1.29 is 9.53 Å². The molecule has 1 amide bonds. The van der Waals surface area contributed by atoms with Crippen LogP contribution in [0.15, 0.2) is 4.99 Å². The van der Waals surface area contributed by atoms with Gasteiger partial charge in [-0.05, 0) is 53.9 Å². The Hall–Kier alpha value is -2.25. The Bertz CT molecular complexity index is 704. The lowest BCUT2D eigenvalue weighted by atomic mass is 10.0. The highest BCUT2D eigenvalue weighted by atomic mass is 16.6. The molecule has 8 nitrogen and oxygen atoms in total. The lowest BCUT2D eigenvalue weighted by molar-refractivity contribution is 0.0104. The van der Waals surface area contributed by atoms with E-state index in [1.165, 1.54) is 5.56 Å². The molecular formula is C20H36N6O2. The number of hydrogen-bond acceptors (Lipinski definition) is 4. The Balaban J connectivity index is 1.92. The number of guanidine groups is 1. The van der Waals surface area contributed by atoms with Gasteiger partial charge in [-0.15, -0.1) is 0 Å². The fraction of sp³-hybridized carbons (Fsp3) is 0.750. The van der Waals surface area contributed by atoms with Crippen LogP contribution in [0.4, 0.5) is 4.79 Å². The number of piperidine rings is 1. The molecule has 2 heterocycles. The van der Waals surface area contributed by atoms with E-state index in [4.69, 9.17) is 4.74 Å². The van der Waals surface area contributed by atoms with Crippen molar-refractivity contribution in [1.29, 1.82) is 0 Å². The predicted molar refractivity (Wildman–Crippen MR) is 111 cm³/mol. The first-order valence-corrected chi connectivity index (χ1v) is 10.1. The molecule has 1 fully saturated rings. The summed E-state index contributed by atoms with van der Waals surface area (Å²) >= 11 is 0. The van der Waals surface area contributed by atoms with E-state index >= 15 is 0 Å². The number of nitrogens with zero attached hydrogens (tertiary/aromatic N) is 4. The molecule has 0 bridgehead atoms. The average Bonchev–Trinajstić information content (AvgIpc) is 2.86. The van der Waals surface area contributed by atoms with Gasteiger partial charge in [0.2, 0.25) is 0 Å². The zero-order chi connectivity index (χ0) is 20.9. The number of rotatable bonds is 4. The molecule has 1 saturated heterocycles. The topological polar surface area (TPSA) is 83.8 Å². The van der Waals surface area contributed by atoms with Crippen molar-refractivity contribution in [3.05, 3.63) is 17.0 Å². The smallest absolute Gasteiger partial charge is 0.410 e. The summed E-state index contributed by atoms with van der Waals surface area (Å²) in [5.41, 5.74) is 2.86. The van der Waals surface area contributed by atoms with Crippen molar-refractivity contribution in [3.63, 3.8) is 0 Å². The predicted octanol–water partition coefficient (Wildman–Crippen LogP) is 2.49. The first-order valence-electron chi connectivity index (χ1n) is 10.1. The molecule has 0 aromatic carbocycles. The molecule has 1 aliphatic heterocycles. The van der Waals surface area contributed by atoms with Gasteiger partial charge in [-0.1, -0.05) is 0 Å². The van der Waals surface area contributed by atoms with E-state index in [0.717, 1.165) is 43.2 Å². The molecule has 1 aromatic heterocycles. The van der Waals surface area contributed by atoms with Crippen molar-refractivity contribution in [2.45, 2.75) is 72.1 Å². The molecule has 0 saturated carbocycles. The fourth-order valence-electron chi connectivity index (χ4n) is 3.45. The van der Waals surface area contributed by atoms with Crippen LogP contribution in [0.5, 0.6) is 0 Å². The summed E-state index contributed by atoms with van der Waals surface area (Å²) in [6.07, 6.45) is 2.86. The molecule has 2 N–H and O–H groups in total. The number of aromatic nitrogens is 2. The normalized spacial score (nSPS) is 18.2. The molecule has 1 atom stereocenters. The number of aliphatic imine (C=N–C) groups is 1. The highest BCUT2D eigenvalue weighted by Gasteiger charge is 2.30. The van der Waals surface area contributed by atoms with E-state index in [1.807, 2.05) is 44.3 Å². The zero-order valence-electron chi connectivity index (χ0n) is 18.4. The van der Waals surface area contributed by atoms with Crippen molar-refractivity contribution in [1.82, 2.24) is 25.3 Å². The van der Waals surface area contributed by atoms with E-state index in [0.29, 0.717) is 13.1 Å². The highest BCUT2D eigenvalue weighted by molar-refractivity contribution is 5.79. The Morgan fingerprint density at radius 3 is 2.57 bits per heavy atom. The average molecular weight is 393 g/mol. The van der Waals surface area contributed by atoms with Crippen LogP contribution < -0.4 is 10.6 Å². The van der Waals surface area contributed by atoms with Gasteiger partial charge in [-0.3, -0.25) is 9.67 Å². The van der Waals surface area contributed by atoms with E-state index in [1.54, 1.807) is 7.05 Å². The summed E-state index contributed by atoms with van der Waals surface area (Å²) in [6.45, 7) is 11.8. The van der Waals surface area contributed by atoms with Crippen LogP contribution in [-0.4, -0.2) is 58.5 Å². The van der Waals surface area contributed by atoms with Gasteiger partial charge >= 0.3 is 6.09 Å². The van der Waals surface area contributed by atoms with Crippen LogP contribution in [0.1, 0.15) is 57.0 Å². The van der Waals surface area contributed by atoms with Gasteiger partial charge in [-0.2, -0.15) is 5.10 Å². The number of carbonyl (C=O) groups is 1. The molecule has 0 aliphatic carbocycles. The highest BCUT2D eigenvalue weighted by Crippen LogP contribution is 2.20. The van der Waals surface area contributed by atoms with Gasteiger partial charge in [0, 0.05) is 45.0 Å². The second kappa shape index (κ2) is 9.30. The summed E-state index contributed by atoms with van der Waals surface area (Å²) in [4.78, 5) is 18.7. The fourth-order valence-corrected chi connectivity index (χ4v) is 3.45. The number of ether oxygens (including phenoxy) is 1. The number of amides is 1. The third kappa shape index (κ3) is 5.87. The molecule has 28 heavy (non-hydrogen) atoms. The first-order chi connectivity index (χ1) is 13.1. The van der Waals surface area contributed by atoms with Crippen LogP contribution in [0, 0.1) is 13.8 Å². The van der Waals surface area contributed by atoms with Crippen molar-refractivity contribution in [2.75, 3.05) is 20.1 Å². The minimum Gasteiger partial charge on any atom is -0.444 e. The molecule has 8 heteroatoms. The van der Waals surface area contributed by atoms with Gasteiger partial charge in [0.05, 0.1) is 11.7 Å². The standard InChI is InChI=1S/C20H36N6O2/c1-14-17(15(2)25(7)24-14)13-23-18(21-6)22-12-16-10-8-9-11-26(16)19(27)28-20(3,4)5/h16H,8-13H2,1-7H3,(H2,21,22,23). The number of carbonyl (C=O) groups excluding carboxylic acids is 1. The number of nitrogens with one attached hydrogen (secondary N) is 2. The third-order valence-electron chi connectivity index (χ3n) is 5.08. The largest absolute Gasteiger partial charge is 0.444 e. The summed E-state index contributed by atoms with van der Waals surface area (Å²) in [7, 11) is 3.71. The molecule has 0 radical (unpaired) electrons. The Morgan fingerprint density at radius 2 is 2.00 bits per heavy atom. The van der Waals surface area contributed by atoms with Crippen molar-refractivity contribution >= 4 is 12.1 Å². The van der Waals surface area contributed by atoms with Gasteiger partial charge < -0.3 is 20.3 Å². The molecule has 1 aliphatic rings. The first kappa shape index (κ1) is 22.0. The van der Waals surface area contributed by atoms with Gasteiger partial charge in [-0.25, -0.2) is 4.79 Å². The van der Waals surface area contributed by atoms with Crippen LogP contribution >= 0.6 is 0 Å². The second-order valence-electron chi connectivity index (χ2n) is 8.40. The maximum Gasteiger partial charge on any atom is 0.410 e. The van der Waals surface area contributed by atoms with Gasteiger partial charge in [0.1, 0.15) is 5.60 Å². The molecule has 0 spiro atoms. The zero-order valence-corrected chi connectivity index (χ0v) is 18.4. The summed E-state index contributed by atoms with van der Waals surface area (Å²) in [6, 6.07) is 0.101. The van der Waals surface area contributed by atoms with E-state index in [2.05, 4.69) is 27.6 Å². The van der Waals surface area contributed by atoms with Crippen LogP contribution in [0.3, 0.4) is 0 Å². The lowest BCUT2D eigenvalue weighted by Gasteiger charge is -2.37. The van der Waals surface area contributed by atoms with Gasteiger partial charge in [0.15, 0.2) is 5.96 Å². The van der Waals surface area contributed by atoms with Crippen LogP contribution in [0.2, 0.25) is 0 Å². The summed E-state index contributed by atoms with van der Waals surface area (Å²) in [5.74, 6) is 0.720. The third-order valence-corrected chi connectivity index (χ3v) is 5.08. The maximum atomic E-state index is 12.5. The summed E-state index contributed by atoms with van der Waals surface area (Å²) in [5, 5.41) is 11.2. The Labute approximate surface area is 168 Å².